The second-order valence-electron chi connectivity index (χ2n) is 14.8. The van der Waals surface area contributed by atoms with Crippen LogP contribution < -0.4 is 4.90 Å². The largest absolute Gasteiger partial charge is 0.436 e. The molecular formula is C41H48N8O4. The number of likely N-dealkylation sites (tertiary alicyclic amines) is 2. The van der Waals surface area contributed by atoms with Crippen molar-refractivity contribution in [2.45, 2.75) is 57.7 Å². The number of anilines is 1. The number of amides is 4. The lowest BCUT2D eigenvalue weighted by atomic mass is 10.0. The van der Waals surface area contributed by atoms with Gasteiger partial charge in [0, 0.05) is 30.3 Å². The lowest BCUT2D eigenvalue weighted by molar-refractivity contribution is -0.137. The lowest BCUT2D eigenvalue weighted by Crippen LogP contribution is -2.50. The van der Waals surface area contributed by atoms with Gasteiger partial charge in [0.1, 0.15) is 11.9 Å². The summed E-state index contributed by atoms with van der Waals surface area (Å²) >= 11 is 0. The number of H-pyrrole nitrogens is 1. The zero-order valence-corrected chi connectivity index (χ0v) is 31.4. The van der Waals surface area contributed by atoms with Crippen LogP contribution in [0.5, 0.6) is 0 Å². The standard InChI is InChI=1S/C41H48N8O4/c1-26-16-17-30(23-34(26)49(36(50)25-45(3)4)41(52)47-20-10-12-27(47)2)39-42-24-35(53-39)29-18-19-31-32(22-29)44-38(43-31)33-15-11-21-48(33)40(51)37(46(5)6)28-13-8-7-9-14-28/h7-9,13-14,16-19,22-24,27,33,37H,10-12,15,20-21,25H2,1-6H3,(H,43,44)/t27-,33+,37-/m1/s1. The molecule has 4 amide bonds. The minimum Gasteiger partial charge on any atom is -0.436 e. The first-order valence-electron chi connectivity index (χ1n) is 18.4. The van der Waals surface area contributed by atoms with E-state index in [4.69, 9.17) is 9.40 Å². The molecule has 2 aliphatic heterocycles. The van der Waals surface area contributed by atoms with Crippen molar-refractivity contribution >= 4 is 34.6 Å². The zero-order chi connectivity index (χ0) is 37.4. The van der Waals surface area contributed by atoms with E-state index in [1.54, 1.807) is 16.0 Å². The second kappa shape index (κ2) is 15.0. The van der Waals surface area contributed by atoms with Crippen molar-refractivity contribution in [3.8, 4) is 22.8 Å². The summed E-state index contributed by atoms with van der Waals surface area (Å²) in [7, 11) is 7.51. The van der Waals surface area contributed by atoms with Crippen LogP contribution in [0.2, 0.25) is 0 Å². The molecular weight excluding hydrogens is 669 g/mol. The van der Waals surface area contributed by atoms with Crippen molar-refractivity contribution in [1.29, 1.82) is 0 Å². The maximum atomic E-state index is 14.0. The fourth-order valence-electron chi connectivity index (χ4n) is 7.66. The highest BCUT2D eigenvalue weighted by molar-refractivity contribution is 6.15. The van der Waals surface area contributed by atoms with Crippen LogP contribution in [0.15, 0.2) is 77.3 Å². The number of rotatable bonds is 9. The molecule has 2 saturated heterocycles. The van der Waals surface area contributed by atoms with Gasteiger partial charge in [0.25, 0.3) is 0 Å². The third-order valence-electron chi connectivity index (χ3n) is 10.4. The van der Waals surface area contributed by atoms with Gasteiger partial charge in [-0.1, -0.05) is 36.4 Å². The molecule has 12 heteroatoms. The average molecular weight is 717 g/mol. The number of oxazole rings is 1. The number of nitrogens with one attached hydrogen (secondary N) is 1. The summed E-state index contributed by atoms with van der Waals surface area (Å²) in [5, 5.41) is 0. The molecule has 1 N–H and O–H groups in total. The van der Waals surface area contributed by atoms with E-state index in [1.807, 2.05) is 119 Å². The third-order valence-corrected chi connectivity index (χ3v) is 10.4. The van der Waals surface area contributed by atoms with Crippen LogP contribution in [0, 0.1) is 6.92 Å². The Balaban J connectivity index is 1.14. The number of aromatic amines is 1. The molecule has 0 aliphatic carbocycles. The van der Waals surface area contributed by atoms with Crippen molar-refractivity contribution in [3.05, 3.63) is 89.9 Å². The van der Waals surface area contributed by atoms with E-state index in [9.17, 15) is 14.4 Å². The molecule has 12 nitrogen and oxygen atoms in total. The number of imidazole rings is 1. The Morgan fingerprint density at radius 3 is 2.38 bits per heavy atom. The number of aryl methyl sites for hydroxylation is 1. The van der Waals surface area contributed by atoms with Gasteiger partial charge in [-0.3, -0.25) is 14.5 Å². The summed E-state index contributed by atoms with van der Waals surface area (Å²) in [5.41, 5.74) is 5.40. The minimum absolute atomic E-state index is 0.0629. The number of carbonyl (C=O) groups is 3. The first kappa shape index (κ1) is 36.0. The van der Waals surface area contributed by atoms with Gasteiger partial charge >= 0.3 is 6.03 Å². The van der Waals surface area contributed by atoms with E-state index in [2.05, 4.69) is 9.97 Å². The molecule has 0 radical (unpaired) electrons. The summed E-state index contributed by atoms with van der Waals surface area (Å²) in [6.07, 6.45) is 5.25. The molecule has 0 bridgehead atoms. The monoisotopic (exact) mass is 716 g/mol. The Morgan fingerprint density at radius 2 is 1.66 bits per heavy atom. The first-order chi connectivity index (χ1) is 25.5. The second-order valence-corrected chi connectivity index (χ2v) is 14.8. The molecule has 0 saturated carbocycles. The van der Waals surface area contributed by atoms with Crippen molar-refractivity contribution in [3.63, 3.8) is 0 Å². The Kier molecular flexibility index (Phi) is 10.2. The molecule has 53 heavy (non-hydrogen) atoms. The highest BCUT2D eigenvalue weighted by Crippen LogP contribution is 2.37. The fourth-order valence-corrected chi connectivity index (χ4v) is 7.66. The molecule has 7 rings (SSSR count). The Bertz CT molecular complexity index is 2120. The van der Waals surface area contributed by atoms with E-state index in [-0.39, 0.29) is 42.5 Å². The molecule has 3 atom stereocenters. The van der Waals surface area contributed by atoms with E-state index in [1.165, 1.54) is 4.90 Å². The molecule has 2 aliphatic rings. The number of fused-ring (bicyclic) bond motifs is 1. The van der Waals surface area contributed by atoms with E-state index in [0.29, 0.717) is 36.0 Å². The number of urea groups is 1. The SMILES string of the molecule is Cc1ccc(-c2ncc(-c3ccc4nc([C@@H]5CCCN5C(=O)[C@@H](c5ccccc5)N(C)C)[nH]c4c3)o2)cc1N(C(=O)CN(C)C)C(=O)N1CCC[C@H]1C. The first-order valence-corrected chi connectivity index (χ1v) is 18.4. The summed E-state index contributed by atoms with van der Waals surface area (Å²) in [6, 6.07) is 20.6. The highest BCUT2D eigenvalue weighted by atomic mass is 16.4. The molecule has 2 fully saturated rings. The zero-order valence-electron chi connectivity index (χ0n) is 31.4. The molecule has 2 aromatic heterocycles. The molecule has 5 aromatic rings. The van der Waals surface area contributed by atoms with Gasteiger partial charge in [-0.2, -0.15) is 0 Å². The molecule has 0 unspecified atom stereocenters. The van der Waals surface area contributed by atoms with Gasteiger partial charge in [-0.05, 0) is 109 Å². The predicted octanol–water partition coefficient (Wildman–Crippen LogP) is 6.66. The Hall–Kier alpha value is -5.33. The summed E-state index contributed by atoms with van der Waals surface area (Å²) < 4.78 is 6.32. The quantitative estimate of drug-likeness (QED) is 0.180. The van der Waals surface area contributed by atoms with Crippen LogP contribution in [0.3, 0.4) is 0 Å². The summed E-state index contributed by atoms with van der Waals surface area (Å²) in [6.45, 7) is 5.32. The summed E-state index contributed by atoms with van der Waals surface area (Å²) in [4.78, 5) is 63.3. The van der Waals surface area contributed by atoms with Crippen LogP contribution in [0.1, 0.15) is 61.6 Å². The fraction of sp³-hybridized carbons (Fsp3) is 0.390. The predicted molar refractivity (Wildman–Crippen MR) is 205 cm³/mol. The number of benzene rings is 3. The normalized spacial score (nSPS) is 18.0. The van der Waals surface area contributed by atoms with Gasteiger partial charge in [0.05, 0.1) is 35.5 Å². The van der Waals surface area contributed by atoms with Gasteiger partial charge in [-0.15, -0.1) is 0 Å². The number of hydrogen-bond acceptors (Lipinski definition) is 8. The number of carbonyl (C=O) groups excluding carboxylic acids is 3. The number of likely N-dealkylation sites (N-methyl/N-ethyl adjacent to an activating group) is 2. The number of imide groups is 1. The van der Waals surface area contributed by atoms with Gasteiger partial charge in [0.2, 0.25) is 17.7 Å². The average Bonchev–Trinajstić information content (AvgIpc) is 3.95. The Morgan fingerprint density at radius 1 is 0.925 bits per heavy atom. The van der Waals surface area contributed by atoms with Crippen molar-refractivity contribution in [2.24, 2.45) is 0 Å². The van der Waals surface area contributed by atoms with Crippen molar-refractivity contribution < 1.29 is 18.8 Å². The van der Waals surface area contributed by atoms with Gasteiger partial charge < -0.3 is 24.1 Å². The van der Waals surface area contributed by atoms with E-state index >= 15 is 0 Å². The number of nitrogens with zero attached hydrogens (tertiary/aromatic N) is 7. The van der Waals surface area contributed by atoms with Crippen LogP contribution in [0.25, 0.3) is 33.8 Å². The number of hydrogen-bond donors (Lipinski definition) is 1. The summed E-state index contributed by atoms with van der Waals surface area (Å²) in [5.74, 6) is 1.49. The van der Waals surface area contributed by atoms with Crippen LogP contribution in [-0.4, -0.2) is 106 Å². The molecule has 0 spiro atoms. The topological polar surface area (TPSA) is 122 Å². The minimum atomic E-state index is -0.381. The number of aromatic nitrogens is 3. The van der Waals surface area contributed by atoms with Crippen molar-refractivity contribution in [1.82, 2.24) is 34.6 Å². The maximum Gasteiger partial charge on any atom is 0.331 e. The molecule has 3 aromatic carbocycles. The van der Waals surface area contributed by atoms with Crippen LogP contribution in [0.4, 0.5) is 10.5 Å². The lowest BCUT2D eigenvalue weighted by Gasteiger charge is -2.31. The van der Waals surface area contributed by atoms with Gasteiger partial charge in [-0.25, -0.2) is 19.7 Å². The molecule has 4 heterocycles. The maximum absolute atomic E-state index is 14.0. The van der Waals surface area contributed by atoms with E-state index < -0.39 is 0 Å². The smallest absolute Gasteiger partial charge is 0.331 e. The van der Waals surface area contributed by atoms with Gasteiger partial charge in [0.15, 0.2) is 5.76 Å². The van der Waals surface area contributed by atoms with Crippen LogP contribution in [-0.2, 0) is 9.59 Å². The molecule has 276 valence electrons. The highest BCUT2D eigenvalue weighted by Gasteiger charge is 2.37. The third kappa shape index (κ3) is 7.21. The Labute approximate surface area is 310 Å². The van der Waals surface area contributed by atoms with Crippen molar-refractivity contribution in [2.75, 3.05) is 52.7 Å². The van der Waals surface area contributed by atoms with Crippen LogP contribution >= 0.6 is 0 Å². The van der Waals surface area contributed by atoms with E-state index in [0.717, 1.165) is 59.2 Å².